The van der Waals surface area contributed by atoms with Crippen LogP contribution in [0.25, 0.3) is 78.7 Å². The molecule has 290 valence electrons. The molecular weight excluding hydrogens is 753 g/mol. The largest absolute Gasteiger partial charge is 0.309 e. The van der Waals surface area contributed by atoms with E-state index >= 15 is 0 Å². The molecule has 12 rings (SSSR count). The van der Waals surface area contributed by atoms with Crippen molar-refractivity contribution in [2.24, 2.45) is 0 Å². The zero-order chi connectivity index (χ0) is 41.0. The zero-order valence-corrected chi connectivity index (χ0v) is 33.7. The Morgan fingerprint density at radius 1 is 0.323 bits per heavy atom. The molecule has 0 spiro atoms. The van der Waals surface area contributed by atoms with Gasteiger partial charge in [0.25, 0.3) is 0 Å². The zero-order valence-electron chi connectivity index (χ0n) is 33.7. The number of nitrogens with zero attached hydrogens (tertiary/aromatic N) is 4. The summed E-state index contributed by atoms with van der Waals surface area (Å²) < 4.78 is 0. The molecule has 1 aromatic heterocycles. The molecule has 0 N–H and O–H groups in total. The first kappa shape index (κ1) is 35.7. The van der Waals surface area contributed by atoms with Crippen LogP contribution in [0.4, 0.5) is 17.1 Å². The Balaban J connectivity index is 1.02. The van der Waals surface area contributed by atoms with E-state index in [1.54, 1.807) is 0 Å². The van der Waals surface area contributed by atoms with E-state index in [2.05, 4.69) is 169 Å². The van der Waals surface area contributed by atoms with Crippen LogP contribution < -0.4 is 4.90 Å². The molecule has 1 atom stereocenters. The summed E-state index contributed by atoms with van der Waals surface area (Å²) >= 11 is 0. The average Bonchev–Trinajstić information content (AvgIpc) is 3.63. The second-order valence-electron chi connectivity index (χ2n) is 15.9. The average molecular weight is 791 g/mol. The summed E-state index contributed by atoms with van der Waals surface area (Å²) in [4.78, 5) is 17.4. The molecule has 2 aliphatic rings. The first-order valence-electron chi connectivity index (χ1n) is 21.1. The van der Waals surface area contributed by atoms with Gasteiger partial charge in [0.2, 0.25) is 0 Å². The van der Waals surface area contributed by atoms with Crippen LogP contribution in [0.1, 0.15) is 22.6 Å². The Morgan fingerprint density at radius 2 is 0.806 bits per heavy atom. The van der Waals surface area contributed by atoms with Crippen molar-refractivity contribution in [2.45, 2.75) is 5.92 Å². The Morgan fingerprint density at radius 3 is 1.47 bits per heavy atom. The van der Waals surface area contributed by atoms with Crippen molar-refractivity contribution >= 4 is 17.1 Å². The SMILES string of the molecule is c1ccc(-c2nc(-c3ccccc3)nc(-c3ccc(-c4cccc(N5c6ccccc6-c6ccccc6-c6ccc7c(c65)C(c5ccccc5)c5ccccc5-7)c4)cc3)n2)cc1. The maximum atomic E-state index is 4.99. The first-order valence-corrected chi connectivity index (χ1v) is 21.1. The van der Waals surface area contributed by atoms with Crippen molar-refractivity contribution in [3.8, 4) is 78.7 Å². The number of fused-ring (bicyclic) bond motifs is 9. The van der Waals surface area contributed by atoms with E-state index in [1.807, 2.05) is 60.7 Å². The monoisotopic (exact) mass is 790 g/mol. The van der Waals surface area contributed by atoms with Crippen LogP contribution in [0.15, 0.2) is 224 Å². The second-order valence-corrected chi connectivity index (χ2v) is 15.9. The van der Waals surface area contributed by atoms with Crippen LogP contribution in [-0.2, 0) is 0 Å². The van der Waals surface area contributed by atoms with Crippen LogP contribution in [0.5, 0.6) is 0 Å². The molecule has 0 radical (unpaired) electrons. The molecule has 1 aliphatic carbocycles. The van der Waals surface area contributed by atoms with Gasteiger partial charge in [-0.2, -0.15) is 0 Å². The van der Waals surface area contributed by atoms with Gasteiger partial charge in [-0.25, -0.2) is 15.0 Å². The van der Waals surface area contributed by atoms with E-state index in [4.69, 9.17) is 15.0 Å². The maximum absolute atomic E-state index is 4.99. The lowest BCUT2D eigenvalue weighted by Gasteiger charge is -2.31. The van der Waals surface area contributed by atoms with E-state index in [0.717, 1.165) is 39.2 Å². The predicted octanol–water partition coefficient (Wildman–Crippen LogP) is 14.8. The molecule has 4 nitrogen and oxygen atoms in total. The van der Waals surface area contributed by atoms with Crippen LogP contribution in [0.2, 0.25) is 0 Å². The van der Waals surface area contributed by atoms with Crippen molar-refractivity contribution in [2.75, 3.05) is 4.90 Å². The van der Waals surface area contributed by atoms with Gasteiger partial charge < -0.3 is 4.90 Å². The van der Waals surface area contributed by atoms with E-state index < -0.39 is 0 Å². The molecule has 4 heteroatoms. The van der Waals surface area contributed by atoms with E-state index in [-0.39, 0.29) is 5.92 Å². The molecule has 62 heavy (non-hydrogen) atoms. The molecule has 0 amide bonds. The van der Waals surface area contributed by atoms with Gasteiger partial charge in [0, 0.05) is 39.4 Å². The van der Waals surface area contributed by atoms with Gasteiger partial charge in [0.15, 0.2) is 17.5 Å². The highest BCUT2D eigenvalue weighted by molar-refractivity contribution is 6.06. The smallest absolute Gasteiger partial charge is 0.164 e. The summed E-state index contributed by atoms with van der Waals surface area (Å²) in [5, 5.41) is 0. The number of aromatic nitrogens is 3. The van der Waals surface area contributed by atoms with Crippen LogP contribution in [-0.4, -0.2) is 15.0 Å². The number of para-hydroxylation sites is 1. The number of hydrogen-bond donors (Lipinski definition) is 0. The Labute approximate surface area is 361 Å². The van der Waals surface area contributed by atoms with Crippen molar-refractivity contribution in [3.63, 3.8) is 0 Å². The molecule has 0 saturated heterocycles. The lowest BCUT2D eigenvalue weighted by molar-refractivity contribution is 1.01. The van der Waals surface area contributed by atoms with Gasteiger partial charge >= 0.3 is 0 Å². The van der Waals surface area contributed by atoms with Crippen molar-refractivity contribution < 1.29 is 0 Å². The Kier molecular flexibility index (Phi) is 8.53. The fourth-order valence-electron chi connectivity index (χ4n) is 9.55. The van der Waals surface area contributed by atoms with Gasteiger partial charge in [-0.1, -0.05) is 206 Å². The van der Waals surface area contributed by atoms with Crippen LogP contribution in [0, 0.1) is 0 Å². The standard InChI is InChI=1S/C58H38N4/c1-4-17-39(18-5-1)53-49-29-13-12-27-47(49)50-35-36-51-46-26-11-10-25-45(46)48-28-14-15-30-52(48)62(55(51)54(50)53)44-24-16-23-43(37-44)38-31-33-42(34-32-38)58-60-56(40-19-6-2-7-20-40)59-57(61-58)41-21-8-3-9-22-41/h1-37,53H. The molecule has 1 unspecified atom stereocenters. The van der Waals surface area contributed by atoms with Crippen molar-refractivity contribution in [1.82, 2.24) is 15.0 Å². The molecule has 2 heterocycles. The fraction of sp³-hybridized carbons (Fsp3) is 0.0172. The van der Waals surface area contributed by atoms with Gasteiger partial charge in [0.1, 0.15) is 0 Å². The van der Waals surface area contributed by atoms with Gasteiger partial charge in [-0.15, -0.1) is 0 Å². The number of anilines is 3. The van der Waals surface area contributed by atoms with Crippen molar-refractivity contribution in [3.05, 3.63) is 241 Å². The summed E-state index contributed by atoms with van der Waals surface area (Å²) in [6.45, 7) is 0. The third-order valence-electron chi connectivity index (χ3n) is 12.4. The van der Waals surface area contributed by atoms with Gasteiger partial charge in [-0.05, 0) is 68.3 Å². The summed E-state index contributed by atoms with van der Waals surface area (Å²) in [5.74, 6) is 2.00. The molecule has 9 aromatic carbocycles. The van der Waals surface area contributed by atoms with E-state index in [1.165, 1.54) is 55.8 Å². The summed E-state index contributed by atoms with van der Waals surface area (Å²) in [5.41, 5.74) is 20.0. The number of hydrogen-bond acceptors (Lipinski definition) is 4. The fourth-order valence-corrected chi connectivity index (χ4v) is 9.55. The van der Waals surface area contributed by atoms with E-state index in [9.17, 15) is 0 Å². The highest BCUT2D eigenvalue weighted by Crippen LogP contribution is 2.59. The van der Waals surface area contributed by atoms with Crippen LogP contribution in [0.3, 0.4) is 0 Å². The number of benzene rings is 9. The lowest BCUT2D eigenvalue weighted by atomic mass is 9.85. The highest BCUT2D eigenvalue weighted by atomic mass is 15.2. The predicted molar refractivity (Wildman–Crippen MR) is 254 cm³/mol. The first-order chi connectivity index (χ1) is 30.8. The summed E-state index contributed by atoms with van der Waals surface area (Å²) in [7, 11) is 0. The third kappa shape index (κ3) is 5.95. The lowest BCUT2D eigenvalue weighted by Crippen LogP contribution is -2.15. The minimum Gasteiger partial charge on any atom is -0.309 e. The minimum atomic E-state index is 0.0632. The Bertz CT molecular complexity index is 3230. The minimum absolute atomic E-state index is 0.0632. The maximum Gasteiger partial charge on any atom is 0.164 e. The van der Waals surface area contributed by atoms with Crippen molar-refractivity contribution in [1.29, 1.82) is 0 Å². The third-order valence-corrected chi connectivity index (χ3v) is 12.4. The molecule has 1 aliphatic heterocycles. The second kappa shape index (κ2) is 14.8. The van der Waals surface area contributed by atoms with Crippen LogP contribution >= 0.6 is 0 Å². The summed E-state index contributed by atoms with van der Waals surface area (Å²) in [6, 6.07) is 80.3. The summed E-state index contributed by atoms with van der Waals surface area (Å²) in [6.07, 6.45) is 0. The van der Waals surface area contributed by atoms with Gasteiger partial charge in [0.05, 0.1) is 11.4 Å². The molecule has 0 bridgehead atoms. The highest BCUT2D eigenvalue weighted by Gasteiger charge is 2.37. The normalized spacial score (nSPS) is 13.3. The number of rotatable bonds is 6. The quantitative estimate of drug-likeness (QED) is 0.168. The van der Waals surface area contributed by atoms with Gasteiger partial charge in [-0.3, -0.25) is 0 Å². The Hall–Kier alpha value is -8.21. The van der Waals surface area contributed by atoms with E-state index in [0.29, 0.717) is 17.5 Å². The molecule has 0 fully saturated rings. The molecule has 10 aromatic rings. The topological polar surface area (TPSA) is 41.9 Å². The molecule has 0 saturated carbocycles. The molecular formula is C58H38N4.